The molecule has 0 aliphatic rings. The van der Waals surface area contributed by atoms with Gasteiger partial charge >= 0.3 is 12.1 Å². The fourth-order valence-corrected chi connectivity index (χ4v) is 2.21. The molecular weight excluding hydrogens is 318 g/mol. The lowest BCUT2D eigenvalue weighted by Gasteiger charge is -2.15. The van der Waals surface area contributed by atoms with Crippen LogP contribution in [0.2, 0.25) is 0 Å². The van der Waals surface area contributed by atoms with Crippen LogP contribution in [0.15, 0.2) is 72.8 Å². The number of methoxy groups -OCH3 is 1. The molecule has 2 aromatic rings. The van der Waals surface area contributed by atoms with Gasteiger partial charge in [0.15, 0.2) is 0 Å². The van der Waals surface area contributed by atoms with Gasteiger partial charge in [-0.1, -0.05) is 66.7 Å². The molecule has 1 amide bonds. The van der Waals surface area contributed by atoms with E-state index in [1.165, 1.54) is 13.2 Å². The van der Waals surface area contributed by atoms with E-state index in [1.807, 2.05) is 60.7 Å². The van der Waals surface area contributed by atoms with E-state index in [-0.39, 0.29) is 12.6 Å². The third-order valence-corrected chi connectivity index (χ3v) is 3.48. The van der Waals surface area contributed by atoms with E-state index >= 15 is 0 Å². The quantitative estimate of drug-likeness (QED) is 0.621. The summed E-state index contributed by atoms with van der Waals surface area (Å²) in [6.07, 6.45) is 2.89. The molecule has 0 saturated carbocycles. The Morgan fingerprint density at radius 1 is 1.00 bits per heavy atom. The van der Waals surface area contributed by atoms with Gasteiger partial charge in [0.05, 0.1) is 13.2 Å². The molecule has 1 atom stereocenters. The summed E-state index contributed by atoms with van der Waals surface area (Å²) in [5, 5.41) is 2.76. The summed E-state index contributed by atoms with van der Waals surface area (Å²) in [6, 6.07) is 18.7. The molecule has 0 radical (unpaired) electrons. The highest BCUT2D eigenvalue weighted by Crippen LogP contribution is 2.06. The third kappa shape index (κ3) is 6.91. The number of benzene rings is 2. The zero-order valence-corrected chi connectivity index (χ0v) is 14.1. The van der Waals surface area contributed by atoms with Crippen LogP contribution < -0.4 is 5.32 Å². The van der Waals surface area contributed by atoms with Gasteiger partial charge < -0.3 is 14.8 Å². The molecule has 0 saturated heterocycles. The van der Waals surface area contributed by atoms with Gasteiger partial charge in [-0.15, -0.1) is 0 Å². The predicted molar refractivity (Wildman–Crippen MR) is 94.9 cm³/mol. The summed E-state index contributed by atoms with van der Waals surface area (Å²) in [6.45, 7) is 0.186. The van der Waals surface area contributed by atoms with Gasteiger partial charge in [-0.3, -0.25) is 0 Å². The Hall–Kier alpha value is -3.08. The maximum Gasteiger partial charge on any atom is 0.407 e. The highest BCUT2D eigenvalue weighted by atomic mass is 16.5. The van der Waals surface area contributed by atoms with E-state index in [0.29, 0.717) is 6.42 Å². The fraction of sp³-hybridized carbons (Fsp3) is 0.200. The van der Waals surface area contributed by atoms with E-state index in [4.69, 9.17) is 4.74 Å². The molecule has 0 bridgehead atoms. The van der Waals surface area contributed by atoms with Crippen molar-refractivity contribution in [1.29, 1.82) is 0 Å². The van der Waals surface area contributed by atoms with Crippen molar-refractivity contribution < 1.29 is 19.1 Å². The number of hydrogen-bond donors (Lipinski definition) is 1. The van der Waals surface area contributed by atoms with Crippen LogP contribution in [-0.4, -0.2) is 25.2 Å². The van der Waals surface area contributed by atoms with Gasteiger partial charge in [0.2, 0.25) is 0 Å². The van der Waals surface area contributed by atoms with E-state index in [1.54, 1.807) is 6.08 Å². The van der Waals surface area contributed by atoms with Gasteiger partial charge in [-0.05, 0) is 17.5 Å². The third-order valence-electron chi connectivity index (χ3n) is 3.48. The van der Waals surface area contributed by atoms with E-state index < -0.39 is 12.1 Å². The van der Waals surface area contributed by atoms with Crippen LogP contribution >= 0.6 is 0 Å². The second kappa shape index (κ2) is 9.93. The fourth-order valence-electron chi connectivity index (χ4n) is 2.21. The van der Waals surface area contributed by atoms with Crippen LogP contribution in [0.1, 0.15) is 11.1 Å². The Morgan fingerprint density at radius 3 is 2.20 bits per heavy atom. The molecule has 5 nitrogen and oxygen atoms in total. The molecule has 0 aliphatic heterocycles. The van der Waals surface area contributed by atoms with Crippen molar-refractivity contribution in [2.24, 2.45) is 0 Å². The summed E-state index contributed by atoms with van der Waals surface area (Å²) in [5.41, 5.74) is 1.94. The monoisotopic (exact) mass is 339 g/mol. The van der Waals surface area contributed by atoms with Crippen LogP contribution in [0.5, 0.6) is 0 Å². The lowest BCUT2D eigenvalue weighted by Crippen LogP contribution is -2.35. The number of carbonyl (C=O) groups excluding carboxylic acids is 2. The molecule has 0 unspecified atom stereocenters. The van der Waals surface area contributed by atoms with Crippen LogP contribution in [0.25, 0.3) is 0 Å². The maximum absolute atomic E-state index is 12.0. The van der Waals surface area contributed by atoms with Crippen molar-refractivity contribution in [1.82, 2.24) is 5.32 Å². The first-order chi connectivity index (χ1) is 12.2. The number of nitrogens with one attached hydrogen (secondary N) is 1. The number of rotatable bonds is 7. The summed E-state index contributed by atoms with van der Waals surface area (Å²) in [5.74, 6) is -0.475. The van der Waals surface area contributed by atoms with Crippen molar-refractivity contribution >= 4 is 12.1 Å². The Kier molecular flexibility index (Phi) is 7.25. The number of amides is 1. The molecule has 0 fully saturated rings. The lowest BCUT2D eigenvalue weighted by molar-refractivity contribution is -0.134. The van der Waals surface area contributed by atoms with Gasteiger partial charge in [0, 0.05) is 6.08 Å². The number of esters is 1. The molecule has 0 aliphatic carbocycles. The SMILES string of the molecule is COC(=O)/C=C\[C@@H](Cc1ccccc1)NC(=O)OCc1ccccc1. The van der Waals surface area contributed by atoms with E-state index in [2.05, 4.69) is 10.1 Å². The maximum atomic E-state index is 12.0. The molecule has 25 heavy (non-hydrogen) atoms. The largest absolute Gasteiger partial charge is 0.466 e. The molecule has 0 aromatic heterocycles. The van der Waals surface area contributed by atoms with Crippen molar-refractivity contribution in [3.63, 3.8) is 0 Å². The van der Waals surface area contributed by atoms with Crippen LogP contribution in [-0.2, 0) is 27.3 Å². The lowest BCUT2D eigenvalue weighted by atomic mass is 10.1. The molecular formula is C20H21NO4. The summed E-state index contributed by atoms with van der Waals surface area (Å²) in [4.78, 5) is 23.4. The Bertz CT molecular complexity index is 698. The molecule has 5 heteroatoms. The number of carbonyl (C=O) groups is 2. The average Bonchev–Trinajstić information content (AvgIpc) is 2.66. The van der Waals surface area contributed by atoms with E-state index in [9.17, 15) is 9.59 Å². The van der Waals surface area contributed by atoms with Crippen molar-refractivity contribution in [2.75, 3.05) is 7.11 Å². The Labute approximate surface area is 147 Å². The molecule has 0 heterocycles. The molecule has 2 rings (SSSR count). The van der Waals surface area contributed by atoms with Crippen molar-refractivity contribution in [2.45, 2.75) is 19.1 Å². The molecule has 0 spiro atoms. The normalized spacial score (nSPS) is 11.7. The van der Waals surface area contributed by atoms with Crippen LogP contribution in [0, 0.1) is 0 Å². The zero-order chi connectivity index (χ0) is 17.9. The minimum Gasteiger partial charge on any atom is -0.466 e. The molecule has 2 aromatic carbocycles. The van der Waals surface area contributed by atoms with E-state index in [0.717, 1.165) is 11.1 Å². The topological polar surface area (TPSA) is 64.6 Å². The summed E-state index contributed by atoms with van der Waals surface area (Å²) in [7, 11) is 1.31. The predicted octanol–water partition coefficient (Wildman–Crippen LogP) is 3.25. The van der Waals surface area contributed by atoms with Crippen molar-refractivity contribution in [3.05, 3.63) is 83.9 Å². The summed E-state index contributed by atoms with van der Waals surface area (Å²) >= 11 is 0. The van der Waals surface area contributed by atoms with Crippen molar-refractivity contribution in [3.8, 4) is 0 Å². The standard InChI is InChI=1S/C20H21NO4/c1-24-19(22)13-12-18(14-16-8-4-2-5-9-16)21-20(23)25-15-17-10-6-3-7-11-17/h2-13,18H,14-15H2,1H3,(H,21,23)/b13-12-/t18-/m0/s1. The number of alkyl carbamates (subject to hydrolysis) is 1. The molecule has 1 N–H and O–H groups in total. The van der Waals surface area contributed by atoms with Gasteiger partial charge in [0.25, 0.3) is 0 Å². The highest BCUT2D eigenvalue weighted by Gasteiger charge is 2.12. The zero-order valence-electron chi connectivity index (χ0n) is 14.1. The minimum atomic E-state index is -0.542. The minimum absolute atomic E-state index is 0.186. The second-order valence-electron chi connectivity index (χ2n) is 5.38. The first kappa shape index (κ1) is 18.3. The van der Waals surface area contributed by atoms with Gasteiger partial charge in [-0.25, -0.2) is 9.59 Å². The van der Waals surface area contributed by atoms with Crippen LogP contribution in [0.3, 0.4) is 0 Å². The smallest absolute Gasteiger partial charge is 0.407 e. The Morgan fingerprint density at radius 2 is 1.60 bits per heavy atom. The average molecular weight is 339 g/mol. The van der Waals surface area contributed by atoms with Gasteiger partial charge in [0.1, 0.15) is 6.61 Å². The second-order valence-corrected chi connectivity index (χ2v) is 5.38. The first-order valence-electron chi connectivity index (χ1n) is 7.94. The number of ether oxygens (including phenoxy) is 2. The highest BCUT2D eigenvalue weighted by molar-refractivity contribution is 5.82. The number of hydrogen-bond acceptors (Lipinski definition) is 4. The Balaban J connectivity index is 1.95. The van der Waals surface area contributed by atoms with Gasteiger partial charge in [-0.2, -0.15) is 0 Å². The summed E-state index contributed by atoms with van der Waals surface area (Å²) < 4.78 is 9.82. The molecule has 130 valence electrons. The van der Waals surface area contributed by atoms with Crippen LogP contribution in [0.4, 0.5) is 4.79 Å². The first-order valence-corrected chi connectivity index (χ1v) is 7.94.